The van der Waals surface area contributed by atoms with Gasteiger partial charge in [0, 0.05) is 11.0 Å². The molecule has 0 unspecified atom stereocenters. The number of ether oxygens (including phenoxy) is 1. The normalized spacial score (nSPS) is 12.2. The van der Waals surface area contributed by atoms with Gasteiger partial charge in [-0.15, -0.1) is 11.3 Å². The monoisotopic (exact) mass is 440 g/mol. The molecule has 0 aliphatic carbocycles. The van der Waals surface area contributed by atoms with E-state index in [1.807, 2.05) is 17.5 Å². The van der Waals surface area contributed by atoms with Gasteiger partial charge in [0.15, 0.2) is 4.80 Å². The van der Waals surface area contributed by atoms with Crippen molar-refractivity contribution < 1.29 is 14.3 Å². The molecule has 3 rings (SSSR count). The lowest BCUT2D eigenvalue weighted by atomic mass is 10.3. The number of fused-ring (bicyclic) bond motifs is 1. The number of benzene rings is 1. The third-order valence-corrected chi connectivity index (χ3v) is 6.14. The van der Waals surface area contributed by atoms with Crippen molar-refractivity contribution in [3.05, 3.63) is 55.4 Å². The molecule has 0 saturated carbocycles. The lowest BCUT2D eigenvalue weighted by Crippen LogP contribution is -2.23. The van der Waals surface area contributed by atoms with Crippen molar-refractivity contribution in [1.29, 1.82) is 0 Å². The summed E-state index contributed by atoms with van der Waals surface area (Å²) in [6.45, 7) is 1.86. The van der Waals surface area contributed by atoms with Gasteiger partial charge in [-0.25, -0.2) is 0 Å². The average Bonchev–Trinajstić information content (AvgIpc) is 3.26. The smallest absolute Gasteiger partial charge is 0.326 e. The Bertz CT molecular complexity index is 1080. The van der Waals surface area contributed by atoms with E-state index in [4.69, 9.17) is 27.9 Å². The fourth-order valence-electron chi connectivity index (χ4n) is 2.34. The maximum absolute atomic E-state index is 12.3. The number of esters is 1. The number of rotatable bonds is 5. The first-order valence-electron chi connectivity index (χ1n) is 7.93. The Balaban J connectivity index is 2.06. The molecule has 0 fully saturated rings. The van der Waals surface area contributed by atoms with Crippen LogP contribution in [0.3, 0.4) is 0 Å². The van der Waals surface area contributed by atoms with Crippen LogP contribution in [-0.4, -0.2) is 23.1 Å². The molecule has 1 amide bonds. The Morgan fingerprint density at radius 1 is 1.30 bits per heavy atom. The summed E-state index contributed by atoms with van der Waals surface area (Å²) in [6.07, 6.45) is 3.09. The first-order valence-corrected chi connectivity index (χ1v) is 10.4. The molecule has 0 saturated heterocycles. The van der Waals surface area contributed by atoms with E-state index >= 15 is 0 Å². The molecule has 3 aromatic rings. The molecule has 0 radical (unpaired) electrons. The maximum atomic E-state index is 12.3. The number of thiophene rings is 1. The molecule has 0 aliphatic heterocycles. The summed E-state index contributed by atoms with van der Waals surface area (Å²) < 4.78 is 7.35. The molecule has 0 atom stereocenters. The molecular weight excluding hydrogens is 427 g/mol. The largest absolute Gasteiger partial charge is 0.465 e. The van der Waals surface area contributed by atoms with E-state index in [1.165, 1.54) is 28.7 Å². The Morgan fingerprint density at radius 3 is 2.81 bits per heavy atom. The SMILES string of the molecule is CCOC(=O)Cn1c(=NC(=O)/C=C/c2cccs2)sc2ccc(Cl)c(Cl)c21. The van der Waals surface area contributed by atoms with Crippen molar-refractivity contribution >= 4 is 74.0 Å². The van der Waals surface area contributed by atoms with E-state index in [0.717, 1.165) is 9.58 Å². The minimum absolute atomic E-state index is 0.116. The zero-order valence-corrected chi connectivity index (χ0v) is 17.3. The summed E-state index contributed by atoms with van der Waals surface area (Å²) in [6, 6.07) is 7.24. The molecule has 0 N–H and O–H groups in total. The van der Waals surface area contributed by atoms with Gasteiger partial charge in [0.2, 0.25) is 0 Å². The van der Waals surface area contributed by atoms with Crippen molar-refractivity contribution in [3.63, 3.8) is 0 Å². The van der Waals surface area contributed by atoms with Gasteiger partial charge in [-0.2, -0.15) is 4.99 Å². The van der Waals surface area contributed by atoms with Crippen LogP contribution in [-0.2, 0) is 20.9 Å². The number of hydrogen-bond donors (Lipinski definition) is 0. The van der Waals surface area contributed by atoms with E-state index < -0.39 is 11.9 Å². The summed E-state index contributed by atoms with van der Waals surface area (Å²) >= 11 is 15.2. The summed E-state index contributed by atoms with van der Waals surface area (Å²) in [5, 5.41) is 2.58. The number of halogens is 2. The van der Waals surface area contributed by atoms with Crippen LogP contribution in [0.5, 0.6) is 0 Å². The topological polar surface area (TPSA) is 60.7 Å². The molecule has 0 spiro atoms. The molecule has 27 heavy (non-hydrogen) atoms. The zero-order valence-electron chi connectivity index (χ0n) is 14.1. The van der Waals surface area contributed by atoms with Crippen LogP contribution >= 0.6 is 45.9 Å². The van der Waals surface area contributed by atoms with Crippen LogP contribution in [0.25, 0.3) is 16.3 Å². The van der Waals surface area contributed by atoms with Gasteiger partial charge in [-0.1, -0.05) is 40.6 Å². The predicted octanol–water partition coefficient (Wildman–Crippen LogP) is 4.77. The van der Waals surface area contributed by atoms with E-state index in [9.17, 15) is 9.59 Å². The standard InChI is InChI=1S/C18H14Cl2N2O3S2/c1-2-25-15(24)10-22-17-13(7-6-12(19)16(17)20)27-18(22)21-14(23)8-5-11-4-3-9-26-11/h3-9H,2,10H2,1H3/b8-5+,21-18?. The molecule has 2 aromatic heterocycles. The Hall–Kier alpha value is -1.93. The first kappa shape index (κ1) is 19.8. The number of aromatic nitrogens is 1. The lowest BCUT2D eigenvalue weighted by molar-refractivity contribution is -0.143. The number of carbonyl (C=O) groups excluding carboxylic acids is 2. The second-order valence-electron chi connectivity index (χ2n) is 5.28. The van der Waals surface area contributed by atoms with Gasteiger partial charge < -0.3 is 9.30 Å². The highest BCUT2D eigenvalue weighted by molar-refractivity contribution is 7.16. The fraction of sp³-hybridized carbons (Fsp3) is 0.167. The number of carbonyl (C=O) groups is 2. The molecular formula is C18H14Cl2N2O3S2. The molecule has 5 nitrogen and oxygen atoms in total. The molecule has 2 heterocycles. The zero-order chi connectivity index (χ0) is 19.4. The lowest BCUT2D eigenvalue weighted by Gasteiger charge is -2.06. The molecule has 0 bridgehead atoms. The van der Waals surface area contributed by atoms with E-state index in [-0.39, 0.29) is 13.2 Å². The molecule has 0 aliphatic rings. The average molecular weight is 441 g/mol. The first-order chi connectivity index (χ1) is 13.0. The Morgan fingerprint density at radius 2 is 2.11 bits per heavy atom. The quantitative estimate of drug-likeness (QED) is 0.423. The maximum Gasteiger partial charge on any atom is 0.326 e. The van der Waals surface area contributed by atoms with Crippen LogP contribution in [0.15, 0.2) is 40.7 Å². The van der Waals surface area contributed by atoms with Crippen molar-refractivity contribution in [1.82, 2.24) is 4.57 Å². The third-order valence-electron chi connectivity index (χ3n) is 3.47. The van der Waals surface area contributed by atoms with Crippen LogP contribution in [0.2, 0.25) is 10.0 Å². The van der Waals surface area contributed by atoms with Crippen molar-refractivity contribution in [3.8, 4) is 0 Å². The second-order valence-corrected chi connectivity index (χ2v) is 8.06. The number of hydrogen-bond acceptors (Lipinski definition) is 5. The van der Waals surface area contributed by atoms with E-state index in [1.54, 1.807) is 29.7 Å². The van der Waals surface area contributed by atoms with Crippen LogP contribution < -0.4 is 4.80 Å². The third kappa shape index (κ3) is 4.68. The second kappa shape index (κ2) is 8.84. The Kier molecular flexibility index (Phi) is 6.49. The van der Waals surface area contributed by atoms with Gasteiger partial charge in [0.25, 0.3) is 5.91 Å². The summed E-state index contributed by atoms with van der Waals surface area (Å²) in [7, 11) is 0. The number of amides is 1. The Labute approximate surface area is 173 Å². The highest BCUT2D eigenvalue weighted by Gasteiger charge is 2.16. The molecule has 140 valence electrons. The van der Waals surface area contributed by atoms with E-state index in [0.29, 0.717) is 20.4 Å². The molecule has 9 heteroatoms. The highest BCUT2D eigenvalue weighted by atomic mass is 35.5. The van der Waals surface area contributed by atoms with Crippen molar-refractivity contribution in [2.75, 3.05) is 6.61 Å². The predicted molar refractivity (Wildman–Crippen MR) is 110 cm³/mol. The fourth-order valence-corrected chi connectivity index (χ4v) is 4.48. The highest BCUT2D eigenvalue weighted by Crippen LogP contribution is 2.32. The summed E-state index contributed by atoms with van der Waals surface area (Å²) in [5.74, 6) is -0.883. The summed E-state index contributed by atoms with van der Waals surface area (Å²) in [5.41, 5.74) is 0.552. The summed E-state index contributed by atoms with van der Waals surface area (Å²) in [4.78, 5) is 29.7. The van der Waals surface area contributed by atoms with Crippen molar-refractivity contribution in [2.45, 2.75) is 13.5 Å². The van der Waals surface area contributed by atoms with Crippen LogP contribution in [0.1, 0.15) is 11.8 Å². The number of nitrogens with zero attached hydrogens (tertiary/aromatic N) is 2. The minimum Gasteiger partial charge on any atom is -0.465 e. The molecule has 1 aromatic carbocycles. The van der Waals surface area contributed by atoms with Gasteiger partial charge in [0.05, 0.1) is 26.9 Å². The number of thiazole rings is 1. The van der Waals surface area contributed by atoms with Gasteiger partial charge >= 0.3 is 5.97 Å². The van der Waals surface area contributed by atoms with Crippen LogP contribution in [0, 0.1) is 0 Å². The van der Waals surface area contributed by atoms with Gasteiger partial charge in [0.1, 0.15) is 6.54 Å². The van der Waals surface area contributed by atoms with Gasteiger partial charge in [-0.05, 0) is 36.6 Å². The van der Waals surface area contributed by atoms with E-state index in [2.05, 4.69) is 4.99 Å². The van der Waals surface area contributed by atoms with Crippen molar-refractivity contribution in [2.24, 2.45) is 4.99 Å². The van der Waals surface area contributed by atoms with Gasteiger partial charge in [-0.3, -0.25) is 9.59 Å². The van der Waals surface area contributed by atoms with Crippen LogP contribution in [0.4, 0.5) is 0 Å². The minimum atomic E-state index is -0.448.